The molecule has 0 aliphatic heterocycles. The Morgan fingerprint density at radius 2 is 2.00 bits per heavy atom. The molecule has 2 amide bonds. The number of carboxylic acid groups (broad SMARTS) is 1. The molecule has 2 rings (SSSR count). The van der Waals surface area contributed by atoms with Gasteiger partial charge in [-0.3, -0.25) is 4.79 Å². The number of hydrogen-bond donors (Lipinski definition) is 3. The molecule has 108 valence electrons. The molecule has 0 aromatic heterocycles. The number of anilines is 1. The second-order valence-corrected chi connectivity index (χ2v) is 6.54. The van der Waals surface area contributed by atoms with Crippen LogP contribution >= 0.6 is 31.9 Å². The monoisotopic (exact) mass is 404 g/mol. The van der Waals surface area contributed by atoms with Crippen molar-refractivity contribution in [3.05, 3.63) is 27.1 Å². The molecule has 5 nitrogen and oxygen atoms in total. The maximum Gasteiger partial charge on any atom is 0.319 e. The van der Waals surface area contributed by atoms with Gasteiger partial charge in [0.15, 0.2) is 0 Å². The quantitative estimate of drug-likeness (QED) is 0.718. The number of rotatable bonds is 3. The van der Waals surface area contributed by atoms with Crippen LogP contribution in [-0.2, 0) is 4.79 Å². The van der Waals surface area contributed by atoms with Crippen LogP contribution in [0.1, 0.15) is 19.3 Å². The first-order chi connectivity index (χ1) is 9.45. The lowest BCUT2D eigenvalue weighted by atomic mass is 10.1. The molecule has 20 heavy (non-hydrogen) atoms. The lowest BCUT2D eigenvalue weighted by molar-refractivity contribution is -0.141. The van der Waals surface area contributed by atoms with Crippen LogP contribution in [0.25, 0.3) is 0 Å². The molecule has 0 spiro atoms. The molecular formula is C13H14Br2N2O3. The first-order valence-corrected chi connectivity index (χ1v) is 7.79. The maximum atomic E-state index is 11.9. The minimum Gasteiger partial charge on any atom is -0.481 e. The third-order valence-corrected chi connectivity index (χ3v) is 4.45. The van der Waals surface area contributed by atoms with E-state index < -0.39 is 5.97 Å². The number of nitrogens with one attached hydrogen (secondary N) is 2. The zero-order valence-electron chi connectivity index (χ0n) is 10.5. The van der Waals surface area contributed by atoms with Gasteiger partial charge in [-0.1, -0.05) is 15.9 Å². The first kappa shape index (κ1) is 15.3. The minimum atomic E-state index is -0.787. The summed E-state index contributed by atoms with van der Waals surface area (Å²) in [5.41, 5.74) is 0.665. The summed E-state index contributed by atoms with van der Waals surface area (Å²) in [6, 6.07) is 5.05. The lowest BCUT2D eigenvalue weighted by Gasteiger charge is -2.14. The van der Waals surface area contributed by atoms with Gasteiger partial charge in [-0.2, -0.15) is 0 Å². The summed E-state index contributed by atoms with van der Waals surface area (Å²) in [5, 5.41) is 14.5. The minimum absolute atomic E-state index is 0.0784. The van der Waals surface area contributed by atoms with Crippen molar-refractivity contribution in [2.75, 3.05) is 5.32 Å². The van der Waals surface area contributed by atoms with Crippen molar-refractivity contribution >= 4 is 49.5 Å². The molecule has 0 heterocycles. The van der Waals surface area contributed by atoms with Crippen molar-refractivity contribution in [3.8, 4) is 0 Å². The molecule has 2 unspecified atom stereocenters. The Balaban J connectivity index is 1.88. The summed E-state index contributed by atoms with van der Waals surface area (Å²) in [5.74, 6) is -1.13. The summed E-state index contributed by atoms with van der Waals surface area (Å²) in [7, 11) is 0. The number of hydrogen-bond acceptors (Lipinski definition) is 2. The first-order valence-electron chi connectivity index (χ1n) is 6.21. The van der Waals surface area contributed by atoms with Crippen molar-refractivity contribution in [3.63, 3.8) is 0 Å². The van der Waals surface area contributed by atoms with Crippen LogP contribution in [0.5, 0.6) is 0 Å². The van der Waals surface area contributed by atoms with E-state index >= 15 is 0 Å². The average molecular weight is 406 g/mol. The molecule has 1 aromatic rings. The fourth-order valence-corrected chi connectivity index (χ4v) is 3.42. The average Bonchev–Trinajstić information content (AvgIpc) is 2.81. The number of amides is 2. The summed E-state index contributed by atoms with van der Waals surface area (Å²) in [4.78, 5) is 22.7. The van der Waals surface area contributed by atoms with E-state index in [0.29, 0.717) is 24.9 Å². The van der Waals surface area contributed by atoms with Crippen molar-refractivity contribution in [2.45, 2.75) is 25.3 Å². The second kappa shape index (κ2) is 6.58. The van der Waals surface area contributed by atoms with E-state index in [1.54, 1.807) is 6.07 Å². The molecule has 0 radical (unpaired) electrons. The van der Waals surface area contributed by atoms with Crippen LogP contribution in [0, 0.1) is 5.92 Å². The van der Waals surface area contributed by atoms with Gasteiger partial charge in [-0.15, -0.1) is 0 Å². The van der Waals surface area contributed by atoms with E-state index in [4.69, 9.17) is 5.11 Å². The van der Waals surface area contributed by atoms with Gasteiger partial charge in [-0.25, -0.2) is 4.79 Å². The summed E-state index contributed by atoms with van der Waals surface area (Å²) in [6.07, 6.45) is 1.80. The van der Waals surface area contributed by atoms with Crippen LogP contribution < -0.4 is 10.6 Å². The number of benzene rings is 1. The van der Waals surface area contributed by atoms with Crippen molar-refractivity contribution in [2.24, 2.45) is 5.92 Å². The molecule has 1 fully saturated rings. The molecule has 0 bridgehead atoms. The fourth-order valence-electron chi connectivity index (χ4n) is 2.27. The van der Waals surface area contributed by atoms with E-state index in [1.165, 1.54) is 0 Å². The predicted octanol–water partition coefficient (Wildman–Crippen LogP) is 3.59. The van der Waals surface area contributed by atoms with Gasteiger partial charge >= 0.3 is 12.0 Å². The van der Waals surface area contributed by atoms with Crippen LogP contribution in [0.2, 0.25) is 0 Å². The fraction of sp³-hybridized carbons (Fsp3) is 0.385. The Kier molecular flexibility index (Phi) is 5.04. The summed E-state index contributed by atoms with van der Waals surface area (Å²) in [6.45, 7) is 0. The van der Waals surface area contributed by atoms with E-state index in [2.05, 4.69) is 42.5 Å². The van der Waals surface area contributed by atoms with Gasteiger partial charge in [0.2, 0.25) is 0 Å². The van der Waals surface area contributed by atoms with Gasteiger partial charge in [0.25, 0.3) is 0 Å². The van der Waals surface area contributed by atoms with Gasteiger partial charge in [0, 0.05) is 15.0 Å². The van der Waals surface area contributed by atoms with Gasteiger partial charge in [-0.05, 0) is 53.4 Å². The molecular weight excluding hydrogens is 392 g/mol. The summed E-state index contributed by atoms with van der Waals surface area (Å²) < 4.78 is 1.69. The lowest BCUT2D eigenvalue weighted by Crippen LogP contribution is -2.36. The highest BCUT2D eigenvalue weighted by atomic mass is 79.9. The normalized spacial score (nSPS) is 21.5. The van der Waals surface area contributed by atoms with Crippen LogP contribution in [0.3, 0.4) is 0 Å². The molecule has 1 aliphatic carbocycles. The smallest absolute Gasteiger partial charge is 0.319 e. The Morgan fingerprint density at radius 3 is 2.60 bits per heavy atom. The predicted molar refractivity (Wildman–Crippen MR) is 82.8 cm³/mol. The number of aliphatic carboxylic acids is 1. The Bertz CT molecular complexity index is 536. The van der Waals surface area contributed by atoms with Gasteiger partial charge in [0.05, 0.1) is 11.6 Å². The molecule has 1 saturated carbocycles. The molecule has 0 saturated heterocycles. The maximum absolute atomic E-state index is 11.9. The van der Waals surface area contributed by atoms with E-state index in [9.17, 15) is 9.59 Å². The Labute approximate surface area is 133 Å². The Hall–Kier alpha value is -1.08. The van der Waals surface area contributed by atoms with Crippen LogP contribution in [0.15, 0.2) is 27.1 Å². The SMILES string of the molecule is O=C(Nc1ccc(Br)cc1Br)NC1CCC(C(=O)O)C1. The highest BCUT2D eigenvalue weighted by molar-refractivity contribution is 9.11. The van der Waals surface area contributed by atoms with E-state index in [1.807, 2.05) is 12.1 Å². The van der Waals surface area contributed by atoms with E-state index in [0.717, 1.165) is 8.95 Å². The van der Waals surface area contributed by atoms with Gasteiger partial charge < -0.3 is 15.7 Å². The van der Waals surface area contributed by atoms with Crippen LogP contribution in [-0.4, -0.2) is 23.1 Å². The zero-order chi connectivity index (χ0) is 14.7. The molecule has 1 aromatic carbocycles. The van der Waals surface area contributed by atoms with E-state index in [-0.39, 0.29) is 18.0 Å². The number of carbonyl (C=O) groups excluding carboxylic acids is 1. The third kappa shape index (κ3) is 3.96. The number of carbonyl (C=O) groups is 2. The number of carboxylic acids is 1. The largest absolute Gasteiger partial charge is 0.481 e. The number of halogens is 2. The number of urea groups is 1. The Morgan fingerprint density at radius 1 is 1.25 bits per heavy atom. The van der Waals surface area contributed by atoms with Crippen molar-refractivity contribution in [1.29, 1.82) is 0 Å². The third-order valence-electron chi connectivity index (χ3n) is 3.30. The van der Waals surface area contributed by atoms with Crippen molar-refractivity contribution < 1.29 is 14.7 Å². The molecule has 2 atom stereocenters. The van der Waals surface area contributed by atoms with Gasteiger partial charge in [0.1, 0.15) is 0 Å². The highest BCUT2D eigenvalue weighted by Gasteiger charge is 2.30. The zero-order valence-corrected chi connectivity index (χ0v) is 13.7. The molecule has 7 heteroatoms. The second-order valence-electron chi connectivity index (χ2n) is 4.77. The molecule has 1 aliphatic rings. The van der Waals surface area contributed by atoms with Crippen molar-refractivity contribution in [1.82, 2.24) is 5.32 Å². The summed E-state index contributed by atoms with van der Waals surface area (Å²) >= 11 is 6.71. The standard InChI is InChI=1S/C13H14Br2N2O3/c14-8-2-4-11(10(15)6-8)17-13(20)16-9-3-1-7(5-9)12(18)19/h2,4,6-7,9H,1,3,5H2,(H,18,19)(H2,16,17,20). The van der Waals surface area contributed by atoms with Crippen LogP contribution in [0.4, 0.5) is 10.5 Å². The highest BCUT2D eigenvalue weighted by Crippen LogP contribution is 2.27. The topological polar surface area (TPSA) is 78.4 Å². The molecule has 3 N–H and O–H groups in total.